The standard InChI is InChI=1S/C17H21N5O2/c1-18-17(23)14-6-7-16(21-20-14)19-12-13-4-2-3-5-15(13)22-8-10-24-11-9-22/h2-7H,8-12H2,1H3,(H,18,23)(H,19,21). The Bertz CT molecular complexity index is 684. The van der Waals surface area contributed by atoms with Crippen molar-refractivity contribution in [3.63, 3.8) is 0 Å². The van der Waals surface area contributed by atoms with Gasteiger partial charge in [0, 0.05) is 32.4 Å². The molecule has 2 heterocycles. The van der Waals surface area contributed by atoms with Crippen molar-refractivity contribution >= 4 is 17.4 Å². The van der Waals surface area contributed by atoms with Gasteiger partial charge in [-0.2, -0.15) is 0 Å². The summed E-state index contributed by atoms with van der Waals surface area (Å²) in [6.07, 6.45) is 0. The first-order valence-corrected chi connectivity index (χ1v) is 7.98. The average Bonchev–Trinajstić information content (AvgIpc) is 2.67. The number of anilines is 2. The number of para-hydroxylation sites is 1. The summed E-state index contributed by atoms with van der Waals surface area (Å²) in [6.45, 7) is 3.96. The van der Waals surface area contributed by atoms with Gasteiger partial charge in [0.05, 0.1) is 13.2 Å². The Morgan fingerprint density at radius 1 is 1.17 bits per heavy atom. The van der Waals surface area contributed by atoms with Crippen LogP contribution in [0.2, 0.25) is 0 Å². The first kappa shape index (κ1) is 16.2. The molecule has 1 saturated heterocycles. The maximum absolute atomic E-state index is 11.5. The van der Waals surface area contributed by atoms with Crippen LogP contribution in [-0.4, -0.2) is 49.5 Å². The van der Waals surface area contributed by atoms with Crippen LogP contribution in [0.15, 0.2) is 36.4 Å². The van der Waals surface area contributed by atoms with E-state index in [1.165, 1.54) is 11.3 Å². The van der Waals surface area contributed by atoms with E-state index < -0.39 is 0 Å². The lowest BCUT2D eigenvalue weighted by Gasteiger charge is -2.30. The number of aromatic nitrogens is 2. The van der Waals surface area contributed by atoms with Crippen LogP contribution in [0, 0.1) is 0 Å². The van der Waals surface area contributed by atoms with Crippen molar-refractivity contribution in [2.24, 2.45) is 0 Å². The van der Waals surface area contributed by atoms with Gasteiger partial charge in [-0.25, -0.2) is 0 Å². The second-order valence-electron chi connectivity index (χ2n) is 5.46. The molecule has 1 aliphatic rings. The lowest BCUT2D eigenvalue weighted by molar-refractivity contribution is 0.0957. The second-order valence-corrected chi connectivity index (χ2v) is 5.46. The Morgan fingerprint density at radius 2 is 1.96 bits per heavy atom. The molecule has 1 aromatic heterocycles. The van der Waals surface area contributed by atoms with E-state index in [-0.39, 0.29) is 5.91 Å². The first-order chi connectivity index (χ1) is 11.8. The molecule has 0 saturated carbocycles. The van der Waals surface area contributed by atoms with E-state index in [0.717, 1.165) is 26.3 Å². The van der Waals surface area contributed by atoms with Crippen LogP contribution >= 0.6 is 0 Å². The van der Waals surface area contributed by atoms with Crippen LogP contribution in [0.1, 0.15) is 16.1 Å². The van der Waals surface area contributed by atoms with E-state index in [2.05, 4.69) is 37.9 Å². The zero-order valence-corrected chi connectivity index (χ0v) is 13.7. The van der Waals surface area contributed by atoms with Gasteiger partial charge in [0.1, 0.15) is 5.82 Å². The van der Waals surface area contributed by atoms with Gasteiger partial charge in [-0.3, -0.25) is 4.79 Å². The van der Waals surface area contributed by atoms with Gasteiger partial charge in [-0.15, -0.1) is 10.2 Å². The summed E-state index contributed by atoms with van der Waals surface area (Å²) in [4.78, 5) is 13.8. The molecule has 0 spiro atoms. The predicted octanol–water partition coefficient (Wildman–Crippen LogP) is 1.28. The van der Waals surface area contributed by atoms with Crippen LogP contribution in [-0.2, 0) is 11.3 Å². The molecule has 0 atom stereocenters. The molecule has 24 heavy (non-hydrogen) atoms. The van der Waals surface area contributed by atoms with Gasteiger partial charge >= 0.3 is 0 Å². The van der Waals surface area contributed by atoms with E-state index in [1.54, 1.807) is 19.2 Å². The molecule has 0 unspecified atom stereocenters. The van der Waals surface area contributed by atoms with Crippen LogP contribution in [0.5, 0.6) is 0 Å². The highest BCUT2D eigenvalue weighted by Gasteiger charge is 2.14. The van der Waals surface area contributed by atoms with Gasteiger partial charge in [0.2, 0.25) is 0 Å². The highest BCUT2D eigenvalue weighted by Crippen LogP contribution is 2.22. The third kappa shape index (κ3) is 3.80. The van der Waals surface area contributed by atoms with Crippen molar-refractivity contribution in [3.8, 4) is 0 Å². The van der Waals surface area contributed by atoms with E-state index in [9.17, 15) is 4.79 Å². The summed E-state index contributed by atoms with van der Waals surface area (Å²) in [6, 6.07) is 11.7. The minimum Gasteiger partial charge on any atom is -0.378 e. The average molecular weight is 327 g/mol. The lowest BCUT2D eigenvalue weighted by atomic mass is 10.1. The molecule has 2 N–H and O–H groups in total. The van der Waals surface area contributed by atoms with Gasteiger partial charge in [-0.1, -0.05) is 18.2 Å². The van der Waals surface area contributed by atoms with Crippen LogP contribution < -0.4 is 15.5 Å². The minimum absolute atomic E-state index is 0.244. The number of morpholine rings is 1. The van der Waals surface area contributed by atoms with E-state index >= 15 is 0 Å². The van der Waals surface area contributed by atoms with Crippen molar-refractivity contribution < 1.29 is 9.53 Å². The first-order valence-electron chi connectivity index (χ1n) is 7.98. The van der Waals surface area contributed by atoms with Gasteiger partial charge in [0.15, 0.2) is 5.69 Å². The molecule has 1 amide bonds. The normalized spacial score (nSPS) is 14.3. The van der Waals surface area contributed by atoms with Crippen LogP contribution in [0.3, 0.4) is 0 Å². The quantitative estimate of drug-likeness (QED) is 0.861. The molecular weight excluding hydrogens is 306 g/mol. The Kier molecular flexibility index (Phi) is 5.22. The van der Waals surface area contributed by atoms with Gasteiger partial charge in [-0.05, 0) is 23.8 Å². The highest BCUT2D eigenvalue weighted by molar-refractivity contribution is 5.91. The molecule has 126 valence electrons. The third-order valence-corrected chi connectivity index (χ3v) is 3.93. The fourth-order valence-corrected chi connectivity index (χ4v) is 2.63. The highest BCUT2D eigenvalue weighted by atomic mass is 16.5. The zero-order chi connectivity index (χ0) is 16.8. The third-order valence-electron chi connectivity index (χ3n) is 3.93. The SMILES string of the molecule is CNC(=O)c1ccc(NCc2ccccc2N2CCOCC2)nn1. The topological polar surface area (TPSA) is 79.4 Å². The molecule has 0 aliphatic carbocycles. The summed E-state index contributed by atoms with van der Waals surface area (Å²) >= 11 is 0. The molecule has 7 nitrogen and oxygen atoms in total. The van der Waals surface area contributed by atoms with Crippen molar-refractivity contribution in [1.29, 1.82) is 0 Å². The number of carbonyl (C=O) groups is 1. The monoisotopic (exact) mass is 327 g/mol. The molecule has 1 fully saturated rings. The number of rotatable bonds is 5. The lowest BCUT2D eigenvalue weighted by Crippen LogP contribution is -2.36. The van der Waals surface area contributed by atoms with Gasteiger partial charge in [0.25, 0.3) is 5.91 Å². The Morgan fingerprint density at radius 3 is 2.67 bits per heavy atom. The Hall–Kier alpha value is -2.67. The Balaban J connectivity index is 1.67. The molecule has 3 rings (SSSR count). The number of hydrogen-bond donors (Lipinski definition) is 2. The predicted molar refractivity (Wildman–Crippen MR) is 92.2 cm³/mol. The van der Waals surface area contributed by atoms with E-state index in [4.69, 9.17) is 4.74 Å². The summed E-state index contributed by atoms with van der Waals surface area (Å²) in [7, 11) is 1.57. The summed E-state index contributed by atoms with van der Waals surface area (Å²) in [5, 5.41) is 13.8. The molecule has 1 aliphatic heterocycles. The minimum atomic E-state index is -0.244. The molecule has 2 aromatic rings. The molecule has 0 bridgehead atoms. The number of nitrogens with one attached hydrogen (secondary N) is 2. The molecule has 0 radical (unpaired) electrons. The van der Waals surface area contributed by atoms with E-state index in [0.29, 0.717) is 18.1 Å². The number of ether oxygens (including phenoxy) is 1. The van der Waals surface area contributed by atoms with Crippen molar-refractivity contribution in [2.45, 2.75) is 6.54 Å². The maximum atomic E-state index is 11.5. The van der Waals surface area contributed by atoms with E-state index in [1.807, 2.05) is 12.1 Å². The number of hydrogen-bond acceptors (Lipinski definition) is 6. The smallest absolute Gasteiger partial charge is 0.271 e. The van der Waals surface area contributed by atoms with Crippen molar-refractivity contribution in [1.82, 2.24) is 15.5 Å². The largest absolute Gasteiger partial charge is 0.378 e. The number of amides is 1. The van der Waals surface area contributed by atoms with Gasteiger partial charge < -0.3 is 20.3 Å². The summed E-state index contributed by atoms with van der Waals surface area (Å²) in [5.74, 6) is 0.395. The summed E-state index contributed by atoms with van der Waals surface area (Å²) in [5.41, 5.74) is 2.71. The number of benzene rings is 1. The van der Waals surface area contributed by atoms with Crippen molar-refractivity contribution in [2.75, 3.05) is 43.6 Å². The fourth-order valence-electron chi connectivity index (χ4n) is 2.63. The second kappa shape index (κ2) is 7.74. The zero-order valence-electron chi connectivity index (χ0n) is 13.7. The fraction of sp³-hybridized carbons (Fsp3) is 0.353. The van der Waals surface area contributed by atoms with Crippen LogP contribution in [0.25, 0.3) is 0 Å². The van der Waals surface area contributed by atoms with Crippen LogP contribution in [0.4, 0.5) is 11.5 Å². The Labute approximate surface area is 141 Å². The molecule has 1 aromatic carbocycles. The number of carbonyl (C=O) groups excluding carboxylic acids is 1. The molecular formula is C17H21N5O2. The molecule has 7 heteroatoms. The number of nitrogens with zero attached hydrogens (tertiary/aromatic N) is 3. The maximum Gasteiger partial charge on any atom is 0.271 e. The summed E-state index contributed by atoms with van der Waals surface area (Å²) < 4.78 is 5.42. The van der Waals surface area contributed by atoms with Crippen molar-refractivity contribution in [3.05, 3.63) is 47.7 Å².